The van der Waals surface area contributed by atoms with Crippen LogP contribution in [0.3, 0.4) is 0 Å². The Bertz CT molecular complexity index is 517. The van der Waals surface area contributed by atoms with Crippen LogP contribution in [0.1, 0.15) is 43.5 Å². The molecule has 0 radical (unpaired) electrons. The molecule has 0 amide bonds. The summed E-state index contributed by atoms with van der Waals surface area (Å²) in [6.07, 6.45) is 5.49. The van der Waals surface area contributed by atoms with Crippen molar-refractivity contribution in [3.8, 4) is 0 Å². The van der Waals surface area contributed by atoms with E-state index in [1.165, 1.54) is 35.8 Å². The predicted octanol–water partition coefficient (Wildman–Crippen LogP) is 3.29. The van der Waals surface area contributed by atoms with E-state index in [9.17, 15) is 0 Å². The standard InChI is InChI=1S/C18H33N5S.HI/c1-5-19-18(20-9-8-17-21-11-15(4)24-17)22-12-16-7-6-10-23(13-16)14(2)3;/h11,14,16H,5-10,12-13H2,1-4H3,(H2,19,20,22);1H. The van der Waals surface area contributed by atoms with Gasteiger partial charge in [0.05, 0.1) is 5.01 Å². The molecule has 1 unspecified atom stereocenters. The van der Waals surface area contributed by atoms with E-state index < -0.39 is 0 Å². The molecule has 0 bridgehead atoms. The summed E-state index contributed by atoms with van der Waals surface area (Å²) >= 11 is 1.77. The van der Waals surface area contributed by atoms with Crippen molar-refractivity contribution in [2.45, 2.75) is 53.0 Å². The molecule has 2 N–H and O–H groups in total. The summed E-state index contributed by atoms with van der Waals surface area (Å²) < 4.78 is 0. The van der Waals surface area contributed by atoms with Gasteiger partial charge in [-0.1, -0.05) is 0 Å². The van der Waals surface area contributed by atoms with E-state index in [-0.39, 0.29) is 24.0 Å². The fourth-order valence-corrected chi connectivity index (χ4v) is 3.87. The van der Waals surface area contributed by atoms with E-state index in [2.05, 4.69) is 48.2 Å². The Kier molecular flexibility index (Phi) is 10.9. The SMILES string of the molecule is CCNC(=NCC1CCCN(C(C)C)C1)NCCc1ncc(C)s1.I. The molecule has 1 aliphatic heterocycles. The van der Waals surface area contributed by atoms with E-state index in [0.717, 1.165) is 32.0 Å². The van der Waals surface area contributed by atoms with Crippen LogP contribution in [0.15, 0.2) is 11.2 Å². The molecule has 1 aliphatic rings. The van der Waals surface area contributed by atoms with Crippen LogP contribution in [-0.4, -0.2) is 54.6 Å². The molecule has 1 atom stereocenters. The zero-order valence-corrected chi connectivity index (χ0v) is 19.2. The fraction of sp³-hybridized carbons (Fsp3) is 0.778. The molecule has 2 rings (SSSR count). The van der Waals surface area contributed by atoms with Gasteiger partial charge < -0.3 is 15.5 Å². The summed E-state index contributed by atoms with van der Waals surface area (Å²) in [4.78, 5) is 13.1. The molecule has 1 aromatic rings. The number of aliphatic imine (C=N–C) groups is 1. The largest absolute Gasteiger partial charge is 0.357 e. The molecule has 7 heteroatoms. The highest BCUT2D eigenvalue weighted by atomic mass is 127. The summed E-state index contributed by atoms with van der Waals surface area (Å²) in [5, 5.41) is 7.99. The monoisotopic (exact) mass is 479 g/mol. The molecule has 0 saturated carbocycles. The van der Waals surface area contributed by atoms with Crippen molar-refractivity contribution in [2.75, 3.05) is 32.7 Å². The number of hydrogen-bond acceptors (Lipinski definition) is 4. The molecular weight excluding hydrogens is 445 g/mol. The van der Waals surface area contributed by atoms with E-state index in [4.69, 9.17) is 4.99 Å². The number of halogens is 1. The lowest BCUT2D eigenvalue weighted by Crippen LogP contribution is -2.42. The van der Waals surface area contributed by atoms with Gasteiger partial charge in [0.1, 0.15) is 0 Å². The zero-order valence-electron chi connectivity index (χ0n) is 16.0. The van der Waals surface area contributed by atoms with Gasteiger partial charge in [0.2, 0.25) is 0 Å². The van der Waals surface area contributed by atoms with E-state index in [1.54, 1.807) is 11.3 Å². The van der Waals surface area contributed by atoms with Crippen molar-refractivity contribution in [3.05, 3.63) is 16.1 Å². The van der Waals surface area contributed by atoms with Crippen LogP contribution in [0, 0.1) is 12.8 Å². The highest BCUT2D eigenvalue weighted by molar-refractivity contribution is 14.0. The Morgan fingerprint density at radius 1 is 1.44 bits per heavy atom. The topological polar surface area (TPSA) is 52.6 Å². The third kappa shape index (κ3) is 8.21. The average molecular weight is 479 g/mol. The maximum Gasteiger partial charge on any atom is 0.191 e. The molecule has 1 fully saturated rings. The van der Waals surface area contributed by atoms with Gasteiger partial charge in [0.25, 0.3) is 0 Å². The number of likely N-dealkylation sites (tertiary alicyclic amines) is 1. The molecule has 144 valence electrons. The van der Waals surface area contributed by atoms with Crippen LogP contribution in [0.2, 0.25) is 0 Å². The molecule has 1 saturated heterocycles. The third-order valence-corrected chi connectivity index (χ3v) is 5.41. The van der Waals surface area contributed by atoms with Crippen molar-refractivity contribution in [3.63, 3.8) is 0 Å². The number of rotatable bonds is 7. The lowest BCUT2D eigenvalue weighted by Gasteiger charge is -2.34. The van der Waals surface area contributed by atoms with Crippen LogP contribution in [0.4, 0.5) is 0 Å². The van der Waals surface area contributed by atoms with Gasteiger partial charge in [0.15, 0.2) is 5.96 Å². The number of guanidine groups is 1. The first kappa shape index (κ1) is 22.6. The number of piperidine rings is 1. The maximum atomic E-state index is 4.82. The van der Waals surface area contributed by atoms with Crippen LogP contribution in [0.25, 0.3) is 0 Å². The molecule has 0 aliphatic carbocycles. The van der Waals surface area contributed by atoms with Crippen LogP contribution < -0.4 is 10.6 Å². The molecular formula is C18H34IN5S. The van der Waals surface area contributed by atoms with Crippen LogP contribution in [0.5, 0.6) is 0 Å². The summed E-state index contributed by atoms with van der Waals surface area (Å²) in [5.74, 6) is 1.62. The Morgan fingerprint density at radius 3 is 2.88 bits per heavy atom. The minimum absolute atomic E-state index is 0. The highest BCUT2D eigenvalue weighted by Gasteiger charge is 2.21. The molecule has 0 spiro atoms. The van der Waals surface area contributed by atoms with Gasteiger partial charge in [-0.05, 0) is 53.0 Å². The molecule has 2 heterocycles. The van der Waals surface area contributed by atoms with Crippen molar-refractivity contribution in [1.29, 1.82) is 0 Å². The Hall–Kier alpha value is -0.410. The van der Waals surface area contributed by atoms with Crippen LogP contribution in [-0.2, 0) is 6.42 Å². The van der Waals surface area contributed by atoms with E-state index in [1.807, 2.05) is 6.20 Å². The fourth-order valence-electron chi connectivity index (χ4n) is 3.08. The number of aromatic nitrogens is 1. The van der Waals surface area contributed by atoms with Gasteiger partial charge in [-0.3, -0.25) is 4.99 Å². The normalized spacial score (nSPS) is 18.9. The van der Waals surface area contributed by atoms with Gasteiger partial charge in [-0.15, -0.1) is 35.3 Å². The molecule has 1 aromatic heterocycles. The van der Waals surface area contributed by atoms with Crippen molar-refractivity contribution in [2.24, 2.45) is 10.9 Å². The van der Waals surface area contributed by atoms with Crippen molar-refractivity contribution < 1.29 is 0 Å². The lowest BCUT2D eigenvalue weighted by molar-refractivity contribution is 0.143. The number of hydrogen-bond donors (Lipinski definition) is 2. The quantitative estimate of drug-likeness (QED) is 0.358. The van der Waals surface area contributed by atoms with Gasteiger partial charge in [0, 0.05) is 49.7 Å². The minimum atomic E-state index is 0. The second-order valence-electron chi connectivity index (χ2n) is 6.86. The number of thiazole rings is 1. The first-order valence-electron chi connectivity index (χ1n) is 9.26. The van der Waals surface area contributed by atoms with E-state index in [0.29, 0.717) is 12.0 Å². The smallest absolute Gasteiger partial charge is 0.191 e. The van der Waals surface area contributed by atoms with Gasteiger partial charge in [-0.2, -0.15) is 0 Å². The molecule has 25 heavy (non-hydrogen) atoms. The van der Waals surface area contributed by atoms with Gasteiger partial charge >= 0.3 is 0 Å². The molecule has 0 aromatic carbocycles. The summed E-state index contributed by atoms with van der Waals surface area (Å²) in [5.41, 5.74) is 0. The minimum Gasteiger partial charge on any atom is -0.357 e. The first-order chi connectivity index (χ1) is 11.6. The second-order valence-corrected chi connectivity index (χ2v) is 8.18. The maximum absolute atomic E-state index is 4.82. The van der Waals surface area contributed by atoms with E-state index >= 15 is 0 Å². The zero-order chi connectivity index (χ0) is 17.4. The number of nitrogens with one attached hydrogen (secondary N) is 2. The summed E-state index contributed by atoms with van der Waals surface area (Å²) in [6, 6.07) is 0.643. The Morgan fingerprint density at radius 2 is 2.24 bits per heavy atom. The first-order valence-corrected chi connectivity index (χ1v) is 10.1. The summed E-state index contributed by atoms with van der Waals surface area (Å²) in [6.45, 7) is 13.9. The third-order valence-electron chi connectivity index (χ3n) is 4.43. The van der Waals surface area contributed by atoms with Crippen molar-refractivity contribution in [1.82, 2.24) is 20.5 Å². The predicted molar refractivity (Wildman–Crippen MR) is 119 cm³/mol. The van der Waals surface area contributed by atoms with Crippen molar-refractivity contribution >= 4 is 41.3 Å². The van der Waals surface area contributed by atoms with Gasteiger partial charge in [-0.25, -0.2) is 4.98 Å². The lowest BCUT2D eigenvalue weighted by atomic mass is 9.97. The molecule has 5 nitrogen and oxygen atoms in total. The Balaban J connectivity index is 0.00000312. The second kappa shape index (κ2) is 12.1. The number of aryl methyl sites for hydroxylation is 1. The van der Waals surface area contributed by atoms with Crippen LogP contribution >= 0.6 is 35.3 Å². The highest BCUT2D eigenvalue weighted by Crippen LogP contribution is 2.18. The number of nitrogens with zero attached hydrogens (tertiary/aromatic N) is 3. The summed E-state index contributed by atoms with van der Waals surface area (Å²) in [7, 11) is 0. The average Bonchev–Trinajstić information content (AvgIpc) is 2.98. The Labute approximate surface area is 174 Å².